The van der Waals surface area contributed by atoms with E-state index in [4.69, 9.17) is 10.2 Å². The van der Waals surface area contributed by atoms with Crippen LogP contribution in [0.3, 0.4) is 0 Å². The Balaban J connectivity index is 4.27. The third kappa shape index (κ3) is 9.47. The predicted octanol–water partition coefficient (Wildman–Crippen LogP) is 0.957. The van der Waals surface area contributed by atoms with Gasteiger partial charge in [0.15, 0.2) is 0 Å². The molecule has 0 heterocycles. The monoisotopic (exact) mass is 310 g/mol. The molecule has 120 valence electrons. The quantitative estimate of drug-likeness (QED) is 0.455. The van der Waals surface area contributed by atoms with Crippen LogP contribution >= 0.6 is 0 Å². The van der Waals surface area contributed by atoms with Crippen molar-refractivity contribution in [1.29, 1.82) is 0 Å². The van der Waals surface area contributed by atoms with Crippen molar-refractivity contribution in [3.05, 3.63) is 0 Å². The molecule has 0 aromatic heterocycles. The van der Waals surface area contributed by atoms with Gasteiger partial charge < -0.3 is 14.9 Å². The lowest BCUT2D eigenvalue weighted by Gasteiger charge is -2.11. The minimum absolute atomic E-state index is 0.591. The van der Waals surface area contributed by atoms with Crippen molar-refractivity contribution in [3.63, 3.8) is 0 Å². The highest BCUT2D eigenvalue weighted by Crippen LogP contribution is 2.14. The molecule has 9 heteroatoms. The highest BCUT2D eigenvalue weighted by molar-refractivity contribution is 5.86. The van der Waals surface area contributed by atoms with Gasteiger partial charge in [-0.3, -0.25) is 28.0 Å². The molecule has 0 amide bonds. The van der Waals surface area contributed by atoms with Gasteiger partial charge in [-0.25, -0.2) is 0 Å². The van der Waals surface area contributed by atoms with Crippen LogP contribution in [0.4, 0.5) is 8.78 Å². The number of carbonyl (C=O) groups is 4. The SMILES string of the molecule is O=C(O)CC(CF)CC(=O)OC(=O)CC(CF)CC(=O)O. The summed E-state index contributed by atoms with van der Waals surface area (Å²) in [5.74, 6) is -7.07. The summed E-state index contributed by atoms with van der Waals surface area (Å²) in [5.41, 5.74) is 0. The fourth-order valence-electron chi connectivity index (χ4n) is 1.54. The van der Waals surface area contributed by atoms with E-state index in [2.05, 4.69) is 4.74 Å². The first kappa shape index (κ1) is 18.9. The molecule has 21 heavy (non-hydrogen) atoms. The van der Waals surface area contributed by atoms with Crippen LogP contribution < -0.4 is 0 Å². The zero-order chi connectivity index (χ0) is 16.4. The fraction of sp³-hybridized carbons (Fsp3) is 0.667. The third-order valence-electron chi connectivity index (χ3n) is 2.50. The lowest BCUT2D eigenvalue weighted by atomic mass is 10.0. The van der Waals surface area contributed by atoms with Crippen molar-refractivity contribution in [2.45, 2.75) is 25.7 Å². The van der Waals surface area contributed by atoms with Crippen molar-refractivity contribution in [2.24, 2.45) is 11.8 Å². The summed E-state index contributed by atoms with van der Waals surface area (Å²) in [5, 5.41) is 16.9. The first-order valence-electron chi connectivity index (χ1n) is 6.07. The molecule has 0 aromatic carbocycles. The molecule has 0 aliphatic carbocycles. The van der Waals surface area contributed by atoms with Crippen LogP contribution in [0.1, 0.15) is 25.7 Å². The van der Waals surface area contributed by atoms with E-state index in [1.165, 1.54) is 0 Å². The second-order valence-electron chi connectivity index (χ2n) is 4.49. The third-order valence-corrected chi connectivity index (χ3v) is 2.50. The number of esters is 2. The standard InChI is InChI=1S/C12H16F2O7/c13-5-7(1-9(15)16)3-11(19)21-12(20)4-8(6-14)2-10(17)18/h7-8H,1-6H2,(H,15,16)(H,17,18). The maximum Gasteiger partial charge on any atom is 0.313 e. The van der Waals surface area contributed by atoms with Crippen LogP contribution in [0.2, 0.25) is 0 Å². The van der Waals surface area contributed by atoms with Crippen molar-refractivity contribution in [1.82, 2.24) is 0 Å². The van der Waals surface area contributed by atoms with E-state index in [1.54, 1.807) is 0 Å². The van der Waals surface area contributed by atoms with Crippen molar-refractivity contribution in [3.8, 4) is 0 Å². The molecule has 0 saturated heterocycles. The van der Waals surface area contributed by atoms with Gasteiger partial charge in [0.05, 0.1) is 39.0 Å². The highest BCUT2D eigenvalue weighted by atomic mass is 19.1. The molecule has 0 aliphatic rings. The Morgan fingerprint density at radius 2 is 1.10 bits per heavy atom. The summed E-state index contributed by atoms with van der Waals surface area (Å²) in [4.78, 5) is 43.3. The largest absolute Gasteiger partial charge is 0.481 e. The van der Waals surface area contributed by atoms with Crippen molar-refractivity contribution >= 4 is 23.9 Å². The Kier molecular flexibility index (Phi) is 8.82. The fourth-order valence-corrected chi connectivity index (χ4v) is 1.54. The van der Waals surface area contributed by atoms with Gasteiger partial charge in [0.1, 0.15) is 0 Å². The summed E-state index contributed by atoms with van der Waals surface area (Å²) in [6, 6.07) is 0. The molecule has 0 aromatic rings. The van der Waals surface area contributed by atoms with Gasteiger partial charge in [0, 0.05) is 11.8 Å². The zero-order valence-corrected chi connectivity index (χ0v) is 11.1. The van der Waals surface area contributed by atoms with Crippen LogP contribution in [-0.4, -0.2) is 47.4 Å². The number of hydrogen-bond donors (Lipinski definition) is 2. The molecular weight excluding hydrogens is 294 g/mol. The number of aliphatic carboxylic acids is 2. The summed E-state index contributed by atoms with van der Waals surface area (Å²) in [6.07, 6.45) is -2.39. The molecule has 0 rings (SSSR count). The maximum atomic E-state index is 12.5. The van der Waals surface area contributed by atoms with Gasteiger partial charge in [-0.2, -0.15) is 0 Å². The van der Waals surface area contributed by atoms with E-state index in [-0.39, 0.29) is 0 Å². The van der Waals surface area contributed by atoms with Crippen LogP contribution in [-0.2, 0) is 23.9 Å². The Morgan fingerprint density at radius 3 is 1.33 bits per heavy atom. The second-order valence-corrected chi connectivity index (χ2v) is 4.49. The molecule has 0 radical (unpaired) electrons. The molecule has 0 fully saturated rings. The summed E-state index contributed by atoms with van der Waals surface area (Å²) < 4.78 is 29.2. The van der Waals surface area contributed by atoms with Crippen LogP contribution in [0, 0.1) is 11.8 Å². The van der Waals surface area contributed by atoms with E-state index in [9.17, 15) is 28.0 Å². The predicted molar refractivity (Wildman–Crippen MR) is 63.8 cm³/mol. The summed E-state index contributed by atoms with van der Waals surface area (Å²) in [6.45, 7) is -2.14. The topological polar surface area (TPSA) is 118 Å². The van der Waals surface area contributed by atoms with Crippen LogP contribution in [0.5, 0.6) is 0 Å². The number of carboxylic acid groups (broad SMARTS) is 2. The highest BCUT2D eigenvalue weighted by Gasteiger charge is 2.23. The minimum Gasteiger partial charge on any atom is -0.481 e. The molecule has 2 atom stereocenters. The van der Waals surface area contributed by atoms with Crippen LogP contribution in [0.15, 0.2) is 0 Å². The van der Waals surface area contributed by atoms with Gasteiger partial charge >= 0.3 is 23.9 Å². The van der Waals surface area contributed by atoms with E-state index >= 15 is 0 Å². The van der Waals surface area contributed by atoms with E-state index in [1.807, 2.05) is 0 Å². The van der Waals surface area contributed by atoms with Gasteiger partial charge in [-0.05, 0) is 0 Å². The molecule has 0 bridgehead atoms. The molecule has 0 saturated carbocycles. The molecular formula is C12H16F2O7. The number of rotatable bonds is 10. The van der Waals surface area contributed by atoms with Gasteiger partial charge in [-0.1, -0.05) is 0 Å². The van der Waals surface area contributed by atoms with E-state index in [0.29, 0.717) is 0 Å². The average molecular weight is 310 g/mol. The Hall–Kier alpha value is -2.06. The Labute approximate surface area is 118 Å². The lowest BCUT2D eigenvalue weighted by Crippen LogP contribution is -2.22. The summed E-state index contributed by atoms with van der Waals surface area (Å²) >= 11 is 0. The Bertz CT molecular complexity index is 361. The number of hydrogen-bond acceptors (Lipinski definition) is 5. The second kappa shape index (κ2) is 9.78. The van der Waals surface area contributed by atoms with E-state index < -0.39 is 74.7 Å². The molecule has 2 N–H and O–H groups in total. The number of ether oxygens (including phenoxy) is 1. The number of alkyl halides is 2. The minimum atomic E-state index is -1.30. The van der Waals surface area contributed by atoms with Gasteiger partial charge in [-0.15, -0.1) is 0 Å². The molecule has 0 spiro atoms. The number of carboxylic acids is 2. The normalized spacial score (nSPS) is 13.2. The van der Waals surface area contributed by atoms with Gasteiger partial charge in [0.2, 0.25) is 0 Å². The van der Waals surface area contributed by atoms with Crippen molar-refractivity contribution in [2.75, 3.05) is 13.3 Å². The van der Waals surface area contributed by atoms with Crippen LogP contribution in [0.25, 0.3) is 0 Å². The number of carbonyl (C=O) groups excluding carboxylic acids is 2. The smallest absolute Gasteiger partial charge is 0.313 e. The Morgan fingerprint density at radius 1 is 0.762 bits per heavy atom. The number of halogens is 2. The van der Waals surface area contributed by atoms with Crippen molar-refractivity contribution < 1.29 is 42.9 Å². The zero-order valence-electron chi connectivity index (χ0n) is 11.1. The molecule has 7 nitrogen and oxygen atoms in total. The first-order valence-corrected chi connectivity index (χ1v) is 6.07. The summed E-state index contributed by atoms with van der Waals surface area (Å²) in [7, 11) is 0. The maximum absolute atomic E-state index is 12.5. The molecule has 0 aliphatic heterocycles. The molecule has 2 unspecified atom stereocenters. The van der Waals surface area contributed by atoms with E-state index in [0.717, 1.165) is 0 Å². The first-order chi connectivity index (χ1) is 9.78. The lowest BCUT2D eigenvalue weighted by molar-refractivity contribution is -0.161. The average Bonchev–Trinajstić information content (AvgIpc) is 2.35. The van der Waals surface area contributed by atoms with Gasteiger partial charge in [0.25, 0.3) is 0 Å².